The lowest BCUT2D eigenvalue weighted by molar-refractivity contribution is -0.141. The summed E-state index contributed by atoms with van der Waals surface area (Å²) in [7, 11) is 0. The molecule has 0 saturated carbocycles. The molecule has 0 spiro atoms. The Morgan fingerprint density at radius 1 is 0.571 bits per heavy atom. The van der Waals surface area contributed by atoms with E-state index in [2.05, 4.69) is 14.9 Å². The van der Waals surface area contributed by atoms with Gasteiger partial charge in [-0.3, -0.25) is 4.79 Å². The second-order valence-corrected chi connectivity index (χ2v) is 12.1. The van der Waals surface area contributed by atoms with Crippen LogP contribution in [0.25, 0.3) is 27.5 Å². The van der Waals surface area contributed by atoms with Crippen molar-refractivity contribution in [1.82, 2.24) is 4.57 Å². The maximum atomic E-state index is 14.0. The molecule has 0 aliphatic heterocycles. The van der Waals surface area contributed by atoms with Gasteiger partial charge in [-0.2, -0.15) is 0 Å². The number of hydrogen-bond donors (Lipinski definition) is 0. The Bertz CT molecular complexity index is 2310. The predicted octanol–water partition coefficient (Wildman–Crippen LogP) is 8.54. The van der Waals surface area contributed by atoms with Gasteiger partial charge >= 0.3 is 11.9 Å². The van der Waals surface area contributed by atoms with Crippen LogP contribution in [0.15, 0.2) is 113 Å². The molecule has 0 aliphatic carbocycles. The second kappa shape index (κ2) is 13.5. The number of fused-ring (bicyclic) bond motifs is 3. The molecule has 0 radical (unpaired) electrons. The minimum absolute atomic E-state index is 0.0396. The third-order valence-corrected chi connectivity index (χ3v) is 8.37. The molecule has 0 N–H and O–H groups in total. The van der Waals surface area contributed by atoms with Crippen molar-refractivity contribution >= 4 is 51.0 Å². The van der Waals surface area contributed by atoms with Gasteiger partial charge in [0.2, 0.25) is 0 Å². The molecule has 49 heavy (non-hydrogen) atoms. The predicted molar refractivity (Wildman–Crippen MR) is 193 cm³/mol. The number of nitrogens with zero attached hydrogens (tertiary/aromatic N) is 3. The molecular weight excluding hydrogens is 614 g/mol. The van der Waals surface area contributed by atoms with Crippen molar-refractivity contribution in [1.29, 1.82) is 0 Å². The maximum Gasteiger partial charge on any atom is 0.332 e. The molecule has 5 aromatic carbocycles. The monoisotopic (exact) mass is 649 g/mol. The average molecular weight is 650 g/mol. The van der Waals surface area contributed by atoms with E-state index in [9.17, 15) is 14.4 Å². The molecule has 8 nitrogen and oxygen atoms in total. The highest BCUT2D eigenvalue weighted by atomic mass is 16.7. The Balaban J connectivity index is 1.56. The number of aromatic nitrogens is 1. The van der Waals surface area contributed by atoms with Crippen LogP contribution < -0.4 is 0 Å². The quantitative estimate of drug-likeness (QED) is 0.0712. The number of benzene rings is 5. The minimum Gasteiger partial charge on any atom is -0.318 e. The molecule has 1 aromatic heterocycles. The van der Waals surface area contributed by atoms with E-state index in [4.69, 9.17) is 9.68 Å². The van der Waals surface area contributed by atoms with Crippen LogP contribution in [-0.4, -0.2) is 33.7 Å². The van der Waals surface area contributed by atoms with Crippen molar-refractivity contribution in [3.05, 3.63) is 148 Å². The van der Waals surface area contributed by atoms with Crippen LogP contribution in [0.3, 0.4) is 0 Å². The van der Waals surface area contributed by atoms with Crippen molar-refractivity contribution in [2.24, 2.45) is 10.3 Å². The van der Waals surface area contributed by atoms with Crippen LogP contribution in [0.4, 0.5) is 0 Å². The largest absolute Gasteiger partial charge is 0.332 e. The first-order valence-corrected chi connectivity index (χ1v) is 15.9. The van der Waals surface area contributed by atoms with Gasteiger partial charge < -0.3 is 14.2 Å². The fourth-order valence-electron chi connectivity index (χ4n) is 6.29. The zero-order chi connectivity index (χ0) is 34.8. The zero-order valence-electron chi connectivity index (χ0n) is 28.2. The van der Waals surface area contributed by atoms with Gasteiger partial charge in [0.15, 0.2) is 5.78 Å². The molecule has 0 unspecified atom stereocenters. The van der Waals surface area contributed by atoms with Crippen LogP contribution in [0.5, 0.6) is 0 Å². The van der Waals surface area contributed by atoms with Crippen LogP contribution >= 0.6 is 0 Å². The molecular formula is C41H35N3O5. The van der Waals surface area contributed by atoms with Gasteiger partial charge in [0.05, 0.1) is 16.7 Å². The second-order valence-electron chi connectivity index (χ2n) is 12.1. The van der Waals surface area contributed by atoms with Crippen molar-refractivity contribution in [2.75, 3.05) is 0 Å². The Kier molecular flexibility index (Phi) is 9.05. The Morgan fingerprint density at radius 3 is 1.69 bits per heavy atom. The smallest absolute Gasteiger partial charge is 0.318 e. The van der Waals surface area contributed by atoms with E-state index in [0.29, 0.717) is 22.6 Å². The third-order valence-electron chi connectivity index (χ3n) is 8.37. The lowest BCUT2D eigenvalue weighted by atomic mass is 9.92. The number of oxime groups is 2. The fraction of sp³-hybridized carbons (Fsp3) is 0.146. The first-order chi connectivity index (χ1) is 23.5. The minimum atomic E-state index is -0.521. The van der Waals surface area contributed by atoms with E-state index < -0.39 is 11.9 Å². The fourth-order valence-corrected chi connectivity index (χ4v) is 6.29. The first-order valence-electron chi connectivity index (χ1n) is 15.9. The van der Waals surface area contributed by atoms with Crippen LogP contribution in [0.2, 0.25) is 0 Å². The third kappa shape index (κ3) is 6.67. The van der Waals surface area contributed by atoms with Gasteiger partial charge in [0, 0.05) is 52.6 Å². The van der Waals surface area contributed by atoms with Crippen LogP contribution in [0.1, 0.15) is 70.1 Å². The molecule has 0 saturated heterocycles. The lowest BCUT2D eigenvalue weighted by Gasteiger charge is -2.11. The summed E-state index contributed by atoms with van der Waals surface area (Å²) in [5, 5.41) is 9.93. The van der Waals surface area contributed by atoms with Crippen molar-refractivity contribution < 1.29 is 24.1 Å². The highest BCUT2D eigenvalue weighted by Crippen LogP contribution is 2.35. The molecule has 0 amide bonds. The molecule has 244 valence electrons. The van der Waals surface area contributed by atoms with Crippen molar-refractivity contribution in [2.45, 2.75) is 41.5 Å². The molecule has 6 rings (SSSR count). The van der Waals surface area contributed by atoms with Crippen molar-refractivity contribution in [3.63, 3.8) is 0 Å². The van der Waals surface area contributed by atoms with Crippen LogP contribution in [0, 0.1) is 20.8 Å². The standard InChI is InChI=1S/C41H35N3O5/c1-24-20-25(2)39(26(3)21-24)41(47)33-15-19-38-36(23-33)35-22-32(40(43-49-29(6)46)31-10-8-7-9-11-31)14-18-37(35)44(38)34-16-12-30(13-17-34)27(4)42-48-28(5)45/h7-23H,1-6H3/b42-27+,43-40+. The highest BCUT2D eigenvalue weighted by molar-refractivity contribution is 6.19. The van der Waals surface area contributed by atoms with E-state index in [1.807, 2.05) is 124 Å². The summed E-state index contributed by atoms with van der Waals surface area (Å²) in [4.78, 5) is 47.1. The van der Waals surface area contributed by atoms with Gasteiger partial charge in [-0.25, -0.2) is 9.59 Å². The first kappa shape index (κ1) is 32.8. The zero-order valence-corrected chi connectivity index (χ0v) is 28.2. The van der Waals surface area contributed by atoms with E-state index in [1.165, 1.54) is 13.8 Å². The van der Waals surface area contributed by atoms with E-state index in [0.717, 1.165) is 60.9 Å². The molecule has 0 bridgehead atoms. The summed E-state index contributed by atoms with van der Waals surface area (Å²) in [6, 6.07) is 33.2. The molecule has 0 atom stereocenters. The maximum absolute atomic E-state index is 14.0. The van der Waals surface area contributed by atoms with Crippen molar-refractivity contribution in [3.8, 4) is 5.69 Å². The lowest BCUT2D eigenvalue weighted by Crippen LogP contribution is -2.07. The molecule has 0 fully saturated rings. The number of aryl methyl sites for hydroxylation is 3. The number of ketones is 1. The average Bonchev–Trinajstić information content (AvgIpc) is 3.40. The van der Waals surface area contributed by atoms with Gasteiger partial charge in [-0.1, -0.05) is 76.5 Å². The Hall–Kier alpha value is -6.15. The van der Waals surface area contributed by atoms with Gasteiger partial charge in [-0.05, 0) is 86.8 Å². The SMILES string of the molecule is CC(=O)O/N=C(\C)c1ccc(-n2c3ccc(C(=O)c4c(C)cc(C)cc4C)cc3c3cc(/C(=N/OC(C)=O)c4ccccc4)ccc32)cc1. The van der Waals surface area contributed by atoms with Gasteiger partial charge in [0.25, 0.3) is 0 Å². The molecule has 6 aromatic rings. The normalized spacial score (nSPS) is 12.0. The van der Waals surface area contributed by atoms with E-state index in [1.54, 1.807) is 6.92 Å². The number of rotatable bonds is 8. The topological polar surface area (TPSA) is 99.3 Å². The summed E-state index contributed by atoms with van der Waals surface area (Å²) >= 11 is 0. The number of carbonyl (C=O) groups excluding carboxylic acids is 3. The number of hydrogen-bond acceptors (Lipinski definition) is 7. The molecule has 1 heterocycles. The number of carbonyl (C=O) groups is 3. The summed E-state index contributed by atoms with van der Waals surface area (Å²) in [6.07, 6.45) is 0. The van der Waals surface area contributed by atoms with E-state index >= 15 is 0 Å². The Labute approximate surface area is 284 Å². The summed E-state index contributed by atoms with van der Waals surface area (Å²) in [5.41, 5.74) is 10.4. The summed E-state index contributed by atoms with van der Waals surface area (Å²) < 4.78 is 2.14. The summed E-state index contributed by atoms with van der Waals surface area (Å²) in [6.45, 7) is 10.4. The van der Waals surface area contributed by atoms with Crippen LogP contribution in [-0.2, 0) is 19.3 Å². The molecule has 0 aliphatic rings. The Morgan fingerprint density at radius 2 is 1.10 bits per heavy atom. The van der Waals surface area contributed by atoms with E-state index in [-0.39, 0.29) is 5.78 Å². The van der Waals surface area contributed by atoms with Gasteiger partial charge in [0.1, 0.15) is 5.71 Å². The van der Waals surface area contributed by atoms with Gasteiger partial charge in [-0.15, -0.1) is 0 Å². The summed E-state index contributed by atoms with van der Waals surface area (Å²) in [5.74, 6) is -1.05. The highest BCUT2D eigenvalue weighted by Gasteiger charge is 2.20. The molecule has 8 heteroatoms.